The molecule has 2 aromatic carbocycles. The molecule has 5 heteroatoms. The van der Waals surface area contributed by atoms with Gasteiger partial charge in [-0.2, -0.15) is 0 Å². The van der Waals surface area contributed by atoms with Gasteiger partial charge in [0.05, 0.1) is 17.7 Å². The highest BCUT2D eigenvalue weighted by Gasteiger charge is 2.14. The summed E-state index contributed by atoms with van der Waals surface area (Å²) in [5, 5.41) is 10.3. The van der Waals surface area contributed by atoms with Gasteiger partial charge < -0.3 is 9.84 Å². The Bertz CT molecular complexity index is 617. The molecule has 106 valence electrons. The molecular formula is C15H13Br2FO2. The van der Waals surface area contributed by atoms with Crippen molar-refractivity contribution in [1.29, 1.82) is 0 Å². The SMILES string of the molecule is COc1ccc(Br)cc1CC(O)c1ccc(F)c(Br)c1. The van der Waals surface area contributed by atoms with Gasteiger partial charge in [0.25, 0.3) is 0 Å². The number of aliphatic hydroxyl groups excluding tert-OH is 1. The third-order valence-corrected chi connectivity index (χ3v) is 4.09. The largest absolute Gasteiger partial charge is 0.496 e. The number of rotatable bonds is 4. The van der Waals surface area contributed by atoms with Gasteiger partial charge in [0.15, 0.2) is 0 Å². The summed E-state index contributed by atoms with van der Waals surface area (Å²) in [7, 11) is 1.59. The predicted octanol–water partition coefficient (Wildman–Crippen LogP) is 4.64. The number of hydrogen-bond donors (Lipinski definition) is 1. The van der Waals surface area contributed by atoms with Gasteiger partial charge in [0.1, 0.15) is 11.6 Å². The van der Waals surface area contributed by atoms with Crippen LogP contribution in [0.1, 0.15) is 17.2 Å². The topological polar surface area (TPSA) is 29.5 Å². The van der Waals surface area contributed by atoms with Crippen LogP contribution < -0.4 is 4.74 Å². The zero-order valence-corrected chi connectivity index (χ0v) is 13.9. The molecule has 0 heterocycles. The maximum Gasteiger partial charge on any atom is 0.137 e. The fourth-order valence-electron chi connectivity index (χ4n) is 1.95. The van der Waals surface area contributed by atoms with Gasteiger partial charge in [-0.3, -0.25) is 0 Å². The molecule has 20 heavy (non-hydrogen) atoms. The molecule has 1 atom stereocenters. The van der Waals surface area contributed by atoms with E-state index in [0.29, 0.717) is 22.2 Å². The Labute approximate surface area is 133 Å². The second kappa shape index (κ2) is 6.70. The van der Waals surface area contributed by atoms with E-state index in [4.69, 9.17) is 4.74 Å². The van der Waals surface area contributed by atoms with Crippen LogP contribution in [0.3, 0.4) is 0 Å². The summed E-state index contributed by atoms with van der Waals surface area (Å²) in [6.07, 6.45) is -0.337. The highest BCUT2D eigenvalue weighted by Crippen LogP contribution is 2.29. The summed E-state index contributed by atoms with van der Waals surface area (Å²) >= 11 is 6.52. The Hall–Kier alpha value is -0.910. The number of methoxy groups -OCH3 is 1. The number of halogens is 3. The molecule has 0 spiro atoms. The molecule has 0 fully saturated rings. The van der Waals surface area contributed by atoms with Crippen LogP contribution in [0.2, 0.25) is 0 Å². The summed E-state index contributed by atoms with van der Waals surface area (Å²) in [4.78, 5) is 0. The van der Waals surface area contributed by atoms with Crippen molar-refractivity contribution in [1.82, 2.24) is 0 Å². The van der Waals surface area contributed by atoms with E-state index in [1.54, 1.807) is 19.2 Å². The first-order valence-electron chi connectivity index (χ1n) is 5.96. The van der Waals surface area contributed by atoms with Crippen molar-refractivity contribution in [3.8, 4) is 5.75 Å². The van der Waals surface area contributed by atoms with E-state index in [-0.39, 0.29) is 5.82 Å². The minimum Gasteiger partial charge on any atom is -0.496 e. The normalized spacial score (nSPS) is 12.2. The monoisotopic (exact) mass is 402 g/mol. The van der Waals surface area contributed by atoms with Gasteiger partial charge in [-0.1, -0.05) is 22.0 Å². The molecule has 2 rings (SSSR count). The summed E-state index contributed by atoms with van der Waals surface area (Å²) in [6, 6.07) is 10.1. The summed E-state index contributed by atoms with van der Waals surface area (Å²) in [5.41, 5.74) is 1.54. The smallest absolute Gasteiger partial charge is 0.137 e. The number of hydrogen-bond acceptors (Lipinski definition) is 2. The van der Waals surface area contributed by atoms with Crippen LogP contribution in [0.25, 0.3) is 0 Å². The second-order valence-electron chi connectivity index (χ2n) is 4.35. The molecule has 2 nitrogen and oxygen atoms in total. The van der Waals surface area contributed by atoms with Crippen LogP contribution >= 0.6 is 31.9 Å². The standard InChI is InChI=1S/C15H13Br2FO2/c1-20-15-5-3-11(16)6-10(15)8-14(19)9-2-4-13(18)12(17)7-9/h2-7,14,19H,8H2,1H3. The van der Waals surface area contributed by atoms with Crippen LogP contribution in [0.4, 0.5) is 4.39 Å². The average molecular weight is 404 g/mol. The van der Waals surface area contributed by atoms with Crippen LogP contribution in [-0.4, -0.2) is 12.2 Å². The molecule has 0 aliphatic rings. The lowest BCUT2D eigenvalue weighted by molar-refractivity contribution is 0.177. The molecule has 2 aromatic rings. The number of benzene rings is 2. The van der Waals surface area contributed by atoms with Crippen LogP contribution in [0, 0.1) is 5.82 Å². The molecular weight excluding hydrogens is 391 g/mol. The van der Waals surface area contributed by atoms with Crippen LogP contribution in [0.15, 0.2) is 45.3 Å². The van der Waals surface area contributed by atoms with Crippen molar-refractivity contribution < 1.29 is 14.2 Å². The minimum absolute atomic E-state index is 0.343. The Kier molecular flexibility index (Phi) is 5.18. The Morgan fingerprint density at radius 2 is 1.95 bits per heavy atom. The van der Waals surface area contributed by atoms with Gasteiger partial charge in [0, 0.05) is 10.9 Å². The van der Waals surface area contributed by atoms with E-state index in [2.05, 4.69) is 31.9 Å². The first-order chi connectivity index (χ1) is 9.51. The van der Waals surface area contributed by atoms with Gasteiger partial charge in [-0.25, -0.2) is 4.39 Å². The van der Waals surface area contributed by atoms with E-state index in [9.17, 15) is 9.50 Å². The maximum absolute atomic E-state index is 13.2. The van der Waals surface area contributed by atoms with E-state index < -0.39 is 6.10 Å². The van der Waals surface area contributed by atoms with Gasteiger partial charge in [-0.05, 0) is 57.4 Å². The van der Waals surface area contributed by atoms with Crippen LogP contribution in [-0.2, 0) is 6.42 Å². The Balaban J connectivity index is 2.24. The molecule has 0 bridgehead atoms. The first kappa shape index (κ1) is 15.5. The first-order valence-corrected chi connectivity index (χ1v) is 7.55. The third kappa shape index (κ3) is 3.59. The molecule has 0 amide bonds. The predicted molar refractivity (Wildman–Crippen MR) is 83.5 cm³/mol. The fraction of sp³-hybridized carbons (Fsp3) is 0.200. The summed E-state index contributed by atoms with van der Waals surface area (Å²) < 4.78 is 19.7. The van der Waals surface area contributed by atoms with E-state index >= 15 is 0 Å². The number of ether oxygens (including phenoxy) is 1. The van der Waals surface area contributed by atoms with Gasteiger partial charge >= 0.3 is 0 Å². The molecule has 0 saturated heterocycles. The third-order valence-electron chi connectivity index (χ3n) is 2.98. The highest BCUT2D eigenvalue weighted by molar-refractivity contribution is 9.10. The Morgan fingerprint density at radius 3 is 2.60 bits per heavy atom. The van der Waals surface area contributed by atoms with Crippen molar-refractivity contribution in [3.63, 3.8) is 0 Å². The summed E-state index contributed by atoms with van der Waals surface area (Å²) in [5.74, 6) is 0.370. The van der Waals surface area contributed by atoms with E-state index in [1.165, 1.54) is 6.07 Å². The molecule has 1 unspecified atom stereocenters. The quantitative estimate of drug-likeness (QED) is 0.805. The van der Waals surface area contributed by atoms with E-state index in [0.717, 1.165) is 10.0 Å². The van der Waals surface area contributed by atoms with Crippen molar-refractivity contribution >= 4 is 31.9 Å². The van der Waals surface area contributed by atoms with Gasteiger partial charge in [-0.15, -0.1) is 0 Å². The molecule has 0 aromatic heterocycles. The molecule has 1 N–H and O–H groups in total. The van der Waals surface area contributed by atoms with Crippen molar-refractivity contribution in [3.05, 3.63) is 62.3 Å². The van der Waals surface area contributed by atoms with E-state index in [1.807, 2.05) is 18.2 Å². The molecule has 0 aliphatic heterocycles. The van der Waals surface area contributed by atoms with Crippen molar-refractivity contribution in [2.45, 2.75) is 12.5 Å². The zero-order chi connectivity index (χ0) is 14.7. The zero-order valence-electron chi connectivity index (χ0n) is 10.7. The fourth-order valence-corrected chi connectivity index (χ4v) is 2.76. The lowest BCUT2D eigenvalue weighted by Crippen LogP contribution is -2.04. The van der Waals surface area contributed by atoms with Crippen LogP contribution in [0.5, 0.6) is 5.75 Å². The highest BCUT2D eigenvalue weighted by atomic mass is 79.9. The maximum atomic E-state index is 13.2. The van der Waals surface area contributed by atoms with Crippen molar-refractivity contribution in [2.75, 3.05) is 7.11 Å². The molecule has 0 radical (unpaired) electrons. The summed E-state index contributed by atoms with van der Waals surface area (Å²) in [6.45, 7) is 0. The molecule has 0 aliphatic carbocycles. The Morgan fingerprint density at radius 1 is 1.20 bits per heavy atom. The van der Waals surface area contributed by atoms with Gasteiger partial charge in [0.2, 0.25) is 0 Å². The minimum atomic E-state index is -0.727. The van der Waals surface area contributed by atoms with Crippen molar-refractivity contribution in [2.24, 2.45) is 0 Å². The number of aliphatic hydroxyl groups is 1. The lowest BCUT2D eigenvalue weighted by atomic mass is 10.0. The lowest BCUT2D eigenvalue weighted by Gasteiger charge is -2.14. The molecule has 0 saturated carbocycles. The average Bonchev–Trinajstić information content (AvgIpc) is 2.42. The second-order valence-corrected chi connectivity index (χ2v) is 6.12.